The quantitative estimate of drug-likeness (QED) is 0.631. The van der Waals surface area contributed by atoms with Crippen molar-refractivity contribution in [3.8, 4) is 0 Å². The summed E-state index contributed by atoms with van der Waals surface area (Å²) in [5.41, 5.74) is 4.92. The van der Waals surface area contributed by atoms with Gasteiger partial charge in [-0.15, -0.1) is 0 Å². The van der Waals surface area contributed by atoms with Crippen LogP contribution in [-0.2, 0) is 14.3 Å². The number of carbonyl (C=O) groups excluding carboxylic acids is 3. The van der Waals surface area contributed by atoms with Gasteiger partial charge in [0.1, 0.15) is 0 Å². The molecule has 0 aliphatic rings. The number of hydrogen-bond donors (Lipinski definition) is 2. The lowest BCUT2D eigenvalue weighted by Gasteiger charge is -2.13. The van der Waals surface area contributed by atoms with E-state index in [0.717, 1.165) is 0 Å². The Kier molecular flexibility index (Phi) is 5.28. The average Bonchev–Trinajstić information content (AvgIpc) is 2.14. The van der Waals surface area contributed by atoms with Crippen LogP contribution in [-0.4, -0.2) is 30.9 Å². The predicted octanol–water partition coefficient (Wildman–Crippen LogP) is -0.434. The van der Waals surface area contributed by atoms with Gasteiger partial charge >= 0.3 is 6.09 Å². The van der Waals surface area contributed by atoms with Gasteiger partial charge in [0.15, 0.2) is 5.78 Å². The van der Waals surface area contributed by atoms with Gasteiger partial charge in [-0.2, -0.15) is 0 Å². The highest BCUT2D eigenvalue weighted by molar-refractivity contribution is 5.91. The van der Waals surface area contributed by atoms with Gasteiger partial charge < -0.3 is 15.8 Å². The van der Waals surface area contributed by atoms with Crippen LogP contribution in [0, 0.1) is 0 Å². The monoisotopic (exact) mass is 202 g/mol. The van der Waals surface area contributed by atoms with Crippen molar-refractivity contribution in [1.29, 1.82) is 0 Å². The maximum Gasteiger partial charge on any atom is 0.407 e. The van der Waals surface area contributed by atoms with E-state index in [2.05, 4.69) is 10.1 Å². The molecule has 0 spiro atoms. The first-order chi connectivity index (χ1) is 6.51. The van der Waals surface area contributed by atoms with Crippen LogP contribution in [0.4, 0.5) is 4.79 Å². The lowest BCUT2D eigenvalue weighted by molar-refractivity contribution is -0.125. The number of amides is 2. The highest BCUT2D eigenvalue weighted by atomic mass is 16.5. The summed E-state index contributed by atoms with van der Waals surface area (Å²) >= 11 is 0. The van der Waals surface area contributed by atoms with Crippen molar-refractivity contribution >= 4 is 17.8 Å². The molecule has 0 bridgehead atoms. The number of methoxy groups -OCH3 is 1. The second-order valence-electron chi connectivity index (χ2n) is 2.68. The molecule has 6 nitrogen and oxygen atoms in total. The standard InChI is InChI=1S/C8H14N2O4/c1-3-6(11)5(4-7(9)12)10-8(13)14-2/h5H,3-4H2,1-2H3,(H2,9,12)(H,10,13). The predicted molar refractivity (Wildman–Crippen MR) is 48.4 cm³/mol. The summed E-state index contributed by atoms with van der Waals surface area (Å²) in [5.74, 6) is -0.901. The minimum Gasteiger partial charge on any atom is -0.453 e. The van der Waals surface area contributed by atoms with E-state index in [-0.39, 0.29) is 18.6 Å². The topological polar surface area (TPSA) is 98.5 Å². The Labute approximate surface area is 81.8 Å². The molecule has 3 N–H and O–H groups in total. The van der Waals surface area contributed by atoms with Crippen molar-refractivity contribution in [1.82, 2.24) is 5.32 Å². The van der Waals surface area contributed by atoms with Gasteiger partial charge in [-0.05, 0) is 0 Å². The van der Waals surface area contributed by atoms with Gasteiger partial charge in [-0.1, -0.05) is 6.92 Å². The summed E-state index contributed by atoms with van der Waals surface area (Å²) < 4.78 is 4.30. The van der Waals surface area contributed by atoms with E-state index < -0.39 is 18.0 Å². The van der Waals surface area contributed by atoms with Crippen molar-refractivity contribution in [2.45, 2.75) is 25.8 Å². The van der Waals surface area contributed by atoms with Crippen LogP contribution in [0.2, 0.25) is 0 Å². The molecule has 14 heavy (non-hydrogen) atoms. The zero-order valence-corrected chi connectivity index (χ0v) is 8.20. The Balaban J connectivity index is 4.31. The first-order valence-electron chi connectivity index (χ1n) is 4.16. The second-order valence-corrected chi connectivity index (χ2v) is 2.68. The normalized spacial score (nSPS) is 11.6. The lowest BCUT2D eigenvalue weighted by Crippen LogP contribution is -2.43. The van der Waals surface area contributed by atoms with Crippen LogP contribution in [0.5, 0.6) is 0 Å². The number of ether oxygens (including phenoxy) is 1. The van der Waals surface area contributed by atoms with E-state index >= 15 is 0 Å². The number of primary amides is 1. The van der Waals surface area contributed by atoms with Gasteiger partial charge in [0.25, 0.3) is 0 Å². The third-order valence-electron chi connectivity index (χ3n) is 1.62. The fourth-order valence-corrected chi connectivity index (χ4v) is 0.894. The molecule has 0 aliphatic heterocycles. The molecular formula is C8H14N2O4. The number of ketones is 1. The number of rotatable bonds is 5. The summed E-state index contributed by atoms with van der Waals surface area (Å²) in [7, 11) is 1.17. The molecule has 0 heterocycles. The Morgan fingerprint density at radius 2 is 2.00 bits per heavy atom. The summed E-state index contributed by atoms with van der Waals surface area (Å²) in [6.07, 6.45) is -0.734. The molecule has 80 valence electrons. The number of nitrogens with two attached hydrogens (primary N) is 1. The molecule has 0 radical (unpaired) electrons. The fraction of sp³-hybridized carbons (Fsp3) is 0.625. The average molecular weight is 202 g/mol. The zero-order chi connectivity index (χ0) is 11.1. The van der Waals surface area contributed by atoms with Crippen molar-refractivity contribution in [3.05, 3.63) is 0 Å². The van der Waals surface area contributed by atoms with Gasteiger partial charge in [0.05, 0.1) is 19.6 Å². The molecule has 0 saturated heterocycles. The van der Waals surface area contributed by atoms with E-state index in [1.165, 1.54) is 7.11 Å². The van der Waals surface area contributed by atoms with E-state index in [9.17, 15) is 14.4 Å². The summed E-state index contributed by atoms with van der Waals surface area (Å²) in [6.45, 7) is 1.63. The summed E-state index contributed by atoms with van der Waals surface area (Å²) in [4.78, 5) is 32.6. The molecule has 1 unspecified atom stereocenters. The van der Waals surface area contributed by atoms with Crippen LogP contribution in [0.1, 0.15) is 19.8 Å². The van der Waals surface area contributed by atoms with Crippen LogP contribution >= 0.6 is 0 Å². The Hall–Kier alpha value is -1.59. The van der Waals surface area contributed by atoms with E-state index in [1.54, 1.807) is 6.92 Å². The summed E-state index contributed by atoms with van der Waals surface area (Å²) in [5, 5.41) is 2.24. The third kappa shape index (κ3) is 4.44. The SMILES string of the molecule is CCC(=O)C(CC(N)=O)NC(=O)OC. The van der Waals surface area contributed by atoms with Gasteiger partial charge in [0, 0.05) is 6.42 Å². The van der Waals surface area contributed by atoms with Crippen LogP contribution in [0.3, 0.4) is 0 Å². The fourth-order valence-electron chi connectivity index (χ4n) is 0.894. The van der Waals surface area contributed by atoms with Crippen molar-refractivity contribution in [2.75, 3.05) is 7.11 Å². The van der Waals surface area contributed by atoms with E-state index in [0.29, 0.717) is 0 Å². The van der Waals surface area contributed by atoms with Crippen molar-refractivity contribution in [2.24, 2.45) is 5.73 Å². The molecule has 0 rings (SSSR count). The van der Waals surface area contributed by atoms with Crippen molar-refractivity contribution < 1.29 is 19.1 Å². The molecule has 1 atom stereocenters. The minimum atomic E-state index is -0.884. The second kappa shape index (κ2) is 5.95. The minimum absolute atomic E-state index is 0.207. The van der Waals surface area contributed by atoms with Crippen molar-refractivity contribution in [3.63, 3.8) is 0 Å². The van der Waals surface area contributed by atoms with Gasteiger partial charge in [-0.3, -0.25) is 9.59 Å². The molecule has 0 fully saturated rings. The Morgan fingerprint density at radius 3 is 2.36 bits per heavy atom. The molecule has 0 aromatic heterocycles. The maximum atomic E-state index is 11.2. The third-order valence-corrected chi connectivity index (χ3v) is 1.62. The zero-order valence-electron chi connectivity index (χ0n) is 8.20. The number of hydrogen-bond acceptors (Lipinski definition) is 4. The van der Waals surface area contributed by atoms with Gasteiger partial charge in [-0.25, -0.2) is 4.79 Å². The van der Waals surface area contributed by atoms with Crippen LogP contribution in [0.25, 0.3) is 0 Å². The highest BCUT2D eigenvalue weighted by Crippen LogP contribution is 1.97. The lowest BCUT2D eigenvalue weighted by atomic mass is 10.1. The molecule has 6 heteroatoms. The largest absolute Gasteiger partial charge is 0.453 e. The molecular weight excluding hydrogens is 188 g/mol. The highest BCUT2D eigenvalue weighted by Gasteiger charge is 2.21. The number of Topliss-reactive ketones (excluding diaryl/α,β-unsaturated/α-hetero) is 1. The number of nitrogens with one attached hydrogen (secondary N) is 1. The van der Waals surface area contributed by atoms with E-state index in [1.807, 2.05) is 0 Å². The molecule has 0 saturated carbocycles. The van der Waals surface area contributed by atoms with Crippen LogP contribution in [0.15, 0.2) is 0 Å². The molecule has 0 aliphatic carbocycles. The Morgan fingerprint density at radius 1 is 1.43 bits per heavy atom. The smallest absolute Gasteiger partial charge is 0.407 e. The molecule has 0 aromatic carbocycles. The number of alkyl carbamates (subject to hydrolysis) is 1. The first-order valence-corrected chi connectivity index (χ1v) is 4.16. The maximum absolute atomic E-state index is 11.2. The Bertz CT molecular complexity index is 239. The summed E-state index contributed by atoms with van der Waals surface area (Å²) in [6, 6.07) is -0.884. The molecule has 2 amide bonds. The number of carbonyl (C=O) groups is 3. The van der Waals surface area contributed by atoms with E-state index in [4.69, 9.17) is 5.73 Å². The molecule has 0 aromatic rings. The first kappa shape index (κ1) is 12.4. The van der Waals surface area contributed by atoms with Crippen LogP contribution < -0.4 is 11.1 Å². The van der Waals surface area contributed by atoms with Gasteiger partial charge in [0.2, 0.25) is 5.91 Å².